The summed E-state index contributed by atoms with van der Waals surface area (Å²) in [7, 11) is 0. The van der Waals surface area contributed by atoms with Crippen molar-refractivity contribution in [2.45, 2.75) is 44.9 Å². The standard InChI is InChI=1S/C11H21NO6/c1-11(2,3)18-10(16)12-4-6-5-17-9(15)8(14)7(6)13/h6-9,13-15H,4-5H2,1-3H3,(H,12,16)/t6-,7-,8+,9?/m1/s1. The summed E-state index contributed by atoms with van der Waals surface area (Å²) in [6.45, 7) is 5.37. The van der Waals surface area contributed by atoms with E-state index in [1.165, 1.54) is 0 Å². The summed E-state index contributed by atoms with van der Waals surface area (Å²) in [5, 5.41) is 30.7. The molecule has 1 fully saturated rings. The highest BCUT2D eigenvalue weighted by Gasteiger charge is 2.37. The van der Waals surface area contributed by atoms with Crippen molar-refractivity contribution in [2.24, 2.45) is 5.92 Å². The van der Waals surface area contributed by atoms with Crippen LogP contribution < -0.4 is 5.32 Å². The number of aliphatic hydroxyl groups is 3. The molecule has 0 bridgehead atoms. The molecule has 106 valence electrons. The molecule has 1 rings (SSSR count). The normalized spacial score (nSPS) is 33.0. The van der Waals surface area contributed by atoms with E-state index in [-0.39, 0.29) is 13.2 Å². The Morgan fingerprint density at radius 3 is 2.50 bits per heavy atom. The van der Waals surface area contributed by atoms with Crippen LogP contribution in [0.4, 0.5) is 4.79 Å². The van der Waals surface area contributed by atoms with Gasteiger partial charge in [0.1, 0.15) is 11.7 Å². The van der Waals surface area contributed by atoms with E-state index in [4.69, 9.17) is 14.6 Å². The highest BCUT2D eigenvalue weighted by atomic mass is 16.6. The molecular formula is C11H21NO6. The monoisotopic (exact) mass is 263 g/mol. The van der Waals surface area contributed by atoms with Gasteiger partial charge in [-0.15, -0.1) is 0 Å². The van der Waals surface area contributed by atoms with Crippen molar-refractivity contribution in [2.75, 3.05) is 13.2 Å². The van der Waals surface area contributed by atoms with E-state index in [2.05, 4.69) is 5.32 Å². The number of ether oxygens (including phenoxy) is 2. The predicted octanol–water partition coefficient (Wildman–Crippen LogP) is -0.802. The lowest BCUT2D eigenvalue weighted by Crippen LogP contribution is -2.53. The maximum atomic E-state index is 11.4. The Kier molecular flexibility index (Phi) is 4.92. The van der Waals surface area contributed by atoms with Crippen LogP contribution in [-0.2, 0) is 9.47 Å². The third-order valence-electron chi connectivity index (χ3n) is 2.51. The van der Waals surface area contributed by atoms with Crippen LogP contribution >= 0.6 is 0 Å². The van der Waals surface area contributed by atoms with Crippen LogP contribution in [0.15, 0.2) is 0 Å². The average molecular weight is 263 g/mol. The molecule has 1 amide bonds. The van der Waals surface area contributed by atoms with Gasteiger partial charge in [0.05, 0.1) is 12.7 Å². The van der Waals surface area contributed by atoms with Gasteiger partial charge in [0, 0.05) is 12.5 Å². The molecule has 18 heavy (non-hydrogen) atoms. The van der Waals surface area contributed by atoms with E-state index in [0.29, 0.717) is 0 Å². The number of hydrogen-bond acceptors (Lipinski definition) is 6. The molecule has 1 heterocycles. The van der Waals surface area contributed by atoms with Gasteiger partial charge in [-0.1, -0.05) is 0 Å². The molecule has 1 saturated heterocycles. The third-order valence-corrected chi connectivity index (χ3v) is 2.51. The van der Waals surface area contributed by atoms with Crippen LogP contribution in [0.3, 0.4) is 0 Å². The minimum Gasteiger partial charge on any atom is -0.444 e. The number of aliphatic hydroxyl groups excluding tert-OH is 3. The molecule has 1 aliphatic rings. The summed E-state index contributed by atoms with van der Waals surface area (Å²) in [5.74, 6) is -0.490. The van der Waals surface area contributed by atoms with Crippen molar-refractivity contribution in [3.05, 3.63) is 0 Å². The number of nitrogens with one attached hydrogen (secondary N) is 1. The van der Waals surface area contributed by atoms with Gasteiger partial charge < -0.3 is 30.1 Å². The van der Waals surface area contributed by atoms with Crippen LogP contribution in [0.25, 0.3) is 0 Å². The van der Waals surface area contributed by atoms with Crippen LogP contribution in [0.5, 0.6) is 0 Å². The Labute approximate surface area is 106 Å². The molecule has 0 aromatic rings. The van der Waals surface area contributed by atoms with Gasteiger partial charge in [-0.2, -0.15) is 0 Å². The Morgan fingerprint density at radius 1 is 1.33 bits per heavy atom. The summed E-state index contributed by atoms with van der Waals surface area (Å²) in [6, 6.07) is 0. The zero-order valence-corrected chi connectivity index (χ0v) is 10.8. The molecule has 0 spiro atoms. The highest BCUT2D eigenvalue weighted by molar-refractivity contribution is 5.67. The summed E-state index contributed by atoms with van der Waals surface area (Å²) in [5.41, 5.74) is -0.596. The minimum absolute atomic E-state index is 0.0508. The number of carbonyl (C=O) groups is 1. The lowest BCUT2D eigenvalue weighted by molar-refractivity contribution is -0.238. The van der Waals surface area contributed by atoms with E-state index in [1.807, 2.05) is 0 Å². The van der Waals surface area contributed by atoms with Crippen molar-refractivity contribution in [3.63, 3.8) is 0 Å². The van der Waals surface area contributed by atoms with Gasteiger partial charge in [0.2, 0.25) is 0 Å². The predicted molar refractivity (Wildman–Crippen MR) is 61.7 cm³/mol. The third kappa shape index (κ3) is 4.41. The van der Waals surface area contributed by atoms with Gasteiger partial charge in [-0.25, -0.2) is 4.79 Å². The van der Waals surface area contributed by atoms with Crippen molar-refractivity contribution in [1.29, 1.82) is 0 Å². The van der Waals surface area contributed by atoms with Gasteiger partial charge >= 0.3 is 6.09 Å². The lowest BCUT2D eigenvalue weighted by atomic mass is 9.95. The molecule has 1 unspecified atom stereocenters. The van der Waals surface area contributed by atoms with Crippen molar-refractivity contribution < 1.29 is 29.6 Å². The second kappa shape index (κ2) is 5.83. The fraction of sp³-hybridized carbons (Fsp3) is 0.909. The summed E-state index contributed by atoms with van der Waals surface area (Å²) in [6.07, 6.45) is -4.51. The van der Waals surface area contributed by atoms with E-state index >= 15 is 0 Å². The average Bonchev–Trinajstić information content (AvgIpc) is 2.22. The largest absolute Gasteiger partial charge is 0.444 e. The molecule has 7 nitrogen and oxygen atoms in total. The Hall–Kier alpha value is -0.890. The Bertz CT molecular complexity index is 290. The first-order valence-corrected chi connectivity index (χ1v) is 5.83. The Balaban J connectivity index is 2.37. The molecule has 1 aliphatic heterocycles. The van der Waals surface area contributed by atoms with E-state index < -0.39 is 36.1 Å². The first-order valence-electron chi connectivity index (χ1n) is 5.83. The van der Waals surface area contributed by atoms with Gasteiger partial charge in [0.15, 0.2) is 6.29 Å². The van der Waals surface area contributed by atoms with Crippen LogP contribution in [0.1, 0.15) is 20.8 Å². The maximum absolute atomic E-state index is 11.4. The minimum atomic E-state index is -1.39. The SMILES string of the molecule is CC(C)(C)OC(=O)NC[C@@H]1COC(O)[C@@H](O)[C@@H]1O. The zero-order valence-electron chi connectivity index (χ0n) is 10.8. The van der Waals surface area contributed by atoms with Gasteiger partial charge in [0.25, 0.3) is 0 Å². The molecular weight excluding hydrogens is 242 g/mol. The van der Waals surface area contributed by atoms with E-state index in [9.17, 15) is 15.0 Å². The fourth-order valence-electron chi connectivity index (χ4n) is 1.58. The van der Waals surface area contributed by atoms with Crippen molar-refractivity contribution in [1.82, 2.24) is 5.32 Å². The van der Waals surface area contributed by atoms with Crippen LogP contribution in [0.2, 0.25) is 0 Å². The summed E-state index contributed by atoms with van der Waals surface area (Å²) >= 11 is 0. The molecule has 0 radical (unpaired) electrons. The van der Waals surface area contributed by atoms with Crippen molar-refractivity contribution >= 4 is 6.09 Å². The van der Waals surface area contributed by atoms with Gasteiger partial charge in [-0.05, 0) is 20.8 Å². The number of rotatable bonds is 2. The lowest BCUT2D eigenvalue weighted by Gasteiger charge is -2.35. The molecule has 4 atom stereocenters. The maximum Gasteiger partial charge on any atom is 0.407 e. The van der Waals surface area contributed by atoms with E-state index in [0.717, 1.165) is 0 Å². The highest BCUT2D eigenvalue weighted by Crippen LogP contribution is 2.18. The molecule has 4 N–H and O–H groups in total. The molecule has 7 heteroatoms. The Morgan fingerprint density at radius 2 is 1.94 bits per heavy atom. The zero-order chi connectivity index (χ0) is 13.9. The topological polar surface area (TPSA) is 108 Å². The summed E-state index contributed by atoms with van der Waals surface area (Å²) in [4.78, 5) is 11.4. The second-order valence-electron chi connectivity index (χ2n) is 5.35. The first kappa shape index (κ1) is 15.2. The number of carbonyl (C=O) groups excluding carboxylic acids is 1. The smallest absolute Gasteiger partial charge is 0.407 e. The molecule has 0 aromatic heterocycles. The molecule has 0 saturated carbocycles. The van der Waals surface area contributed by atoms with Gasteiger partial charge in [-0.3, -0.25) is 0 Å². The fourth-order valence-corrected chi connectivity index (χ4v) is 1.58. The van der Waals surface area contributed by atoms with Crippen molar-refractivity contribution in [3.8, 4) is 0 Å². The number of alkyl carbamates (subject to hydrolysis) is 1. The quantitative estimate of drug-likeness (QED) is 0.519. The molecule has 0 aromatic carbocycles. The first-order chi connectivity index (χ1) is 8.20. The summed E-state index contributed by atoms with van der Waals surface area (Å²) < 4.78 is 9.89. The number of amides is 1. The van der Waals surface area contributed by atoms with Crippen LogP contribution in [-0.4, -0.2) is 58.7 Å². The van der Waals surface area contributed by atoms with E-state index in [1.54, 1.807) is 20.8 Å². The van der Waals surface area contributed by atoms with Crippen LogP contribution in [0, 0.1) is 5.92 Å². The second-order valence-corrected chi connectivity index (χ2v) is 5.35. The molecule has 0 aliphatic carbocycles. The number of hydrogen-bond donors (Lipinski definition) is 4.